The molecule has 0 bridgehead atoms. The maximum Gasteiger partial charge on any atom is 0.223 e. The summed E-state index contributed by atoms with van der Waals surface area (Å²) < 4.78 is 19.9. The number of aryl methyl sites for hydroxylation is 1. The zero-order chi connectivity index (χ0) is 11.7. The fourth-order valence-electron chi connectivity index (χ4n) is 2.01. The number of carbonyl (C=O) groups is 1. The van der Waals surface area contributed by atoms with Crippen LogP contribution in [0.1, 0.15) is 18.9 Å². The Kier molecular flexibility index (Phi) is 3.07. The van der Waals surface area contributed by atoms with E-state index in [0.717, 1.165) is 30.6 Å². The van der Waals surface area contributed by atoms with Crippen LogP contribution in [0.25, 0.3) is 0 Å². The number of carbonyl (C=O) groups excluding carboxylic acids is 1. The van der Waals surface area contributed by atoms with Gasteiger partial charge in [0, 0.05) is 19.2 Å². The minimum absolute atomic E-state index is 0.0128. The van der Waals surface area contributed by atoms with Crippen LogP contribution < -0.4 is 4.90 Å². The Morgan fingerprint density at radius 1 is 1.50 bits per heavy atom. The second-order valence-electron chi connectivity index (χ2n) is 3.81. The average molecular weight is 239 g/mol. The molecule has 0 aliphatic carbocycles. The highest BCUT2D eigenvalue weighted by atomic mass is 32.2. The highest BCUT2D eigenvalue weighted by Gasteiger charge is 2.20. The van der Waals surface area contributed by atoms with Gasteiger partial charge < -0.3 is 9.45 Å². The van der Waals surface area contributed by atoms with Crippen LogP contribution in [0.5, 0.6) is 0 Å². The summed E-state index contributed by atoms with van der Waals surface area (Å²) in [6, 6.07) is 5.05. The molecule has 4 nitrogen and oxygen atoms in total. The standard InChI is InChI=1S/C11H13NO3S/c1-8(13)12-6-2-3-9-7-10(16(14)15)4-5-11(9)12/h4-5,7H,2-3,6H2,1H3,(H,14,15). The van der Waals surface area contributed by atoms with Gasteiger partial charge in [-0.3, -0.25) is 4.79 Å². The lowest BCUT2D eigenvalue weighted by atomic mass is 10.0. The van der Waals surface area contributed by atoms with Gasteiger partial charge in [0.2, 0.25) is 5.91 Å². The number of amides is 1. The Bertz CT molecular complexity index is 459. The number of hydrogen-bond donors (Lipinski definition) is 1. The third-order valence-electron chi connectivity index (χ3n) is 2.75. The Morgan fingerprint density at radius 2 is 2.25 bits per heavy atom. The van der Waals surface area contributed by atoms with Gasteiger partial charge in [-0.2, -0.15) is 0 Å². The molecule has 1 atom stereocenters. The van der Waals surface area contributed by atoms with Gasteiger partial charge in [-0.15, -0.1) is 0 Å². The van der Waals surface area contributed by atoms with Crippen molar-refractivity contribution in [2.45, 2.75) is 24.7 Å². The van der Waals surface area contributed by atoms with Crippen LogP contribution in [-0.4, -0.2) is 21.2 Å². The SMILES string of the molecule is CC(=O)N1CCCc2cc(S(=O)O)ccc21. The Morgan fingerprint density at radius 3 is 2.88 bits per heavy atom. The lowest BCUT2D eigenvalue weighted by Gasteiger charge is -2.28. The van der Waals surface area contributed by atoms with E-state index in [9.17, 15) is 9.00 Å². The number of anilines is 1. The Balaban J connectivity index is 2.44. The van der Waals surface area contributed by atoms with Gasteiger partial charge in [0.1, 0.15) is 0 Å². The van der Waals surface area contributed by atoms with Crippen LogP contribution in [0.2, 0.25) is 0 Å². The first-order chi connectivity index (χ1) is 7.59. The van der Waals surface area contributed by atoms with Crippen molar-refractivity contribution in [3.8, 4) is 0 Å². The van der Waals surface area contributed by atoms with Gasteiger partial charge in [0.25, 0.3) is 0 Å². The molecule has 0 spiro atoms. The number of rotatable bonds is 1. The maximum atomic E-state index is 11.4. The molecule has 1 aliphatic rings. The van der Waals surface area contributed by atoms with Crippen molar-refractivity contribution in [3.63, 3.8) is 0 Å². The monoisotopic (exact) mass is 239 g/mol. The second-order valence-corrected chi connectivity index (χ2v) is 4.78. The fraction of sp³-hybridized carbons (Fsp3) is 0.364. The summed E-state index contributed by atoms with van der Waals surface area (Å²) in [5, 5.41) is 0. The molecule has 1 unspecified atom stereocenters. The number of hydrogen-bond acceptors (Lipinski definition) is 2. The molecule has 2 rings (SSSR count). The first-order valence-corrected chi connectivity index (χ1v) is 6.22. The highest BCUT2D eigenvalue weighted by Crippen LogP contribution is 2.28. The summed E-state index contributed by atoms with van der Waals surface area (Å²) in [5.41, 5.74) is 1.84. The molecule has 0 saturated carbocycles. The third kappa shape index (κ3) is 2.01. The normalized spacial score (nSPS) is 16.8. The molecule has 1 aliphatic heterocycles. The molecule has 16 heavy (non-hydrogen) atoms. The van der Waals surface area contributed by atoms with Gasteiger partial charge in [-0.1, -0.05) is 0 Å². The maximum absolute atomic E-state index is 11.4. The number of benzene rings is 1. The average Bonchev–Trinajstić information content (AvgIpc) is 2.27. The van der Waals surface area contributed by atoms with Crippen LogP contribution in [0, 0.1) is 0 Å². The largest absolute Gasteiger partial charge is 0.312 e. The molecule has 1 amide bonds. The highest BCUT2D eigenvalue weighted by molar-refractivity contribution is 7.79. The summed E-state index contributed by atoms with van der Waals surface area (Å²) in [4.78, 5) is 13.5. The summed E-state index contributed by atoms with van der Waals surface area (Å²) in [7, 11) is 0. The zero-order valence-corrected chi connectivity index (χ0v) is 9.79. The number of nitrogens with zero attached hydrogens (tertiary/aromatic N) is 1. The topological polar surface area (TPSA) is 57.6 Å². The zero-order valence-electron chi connectivity index (χ0n) is 8.97. The van der Waals surface area contributed by atoms with Crippen molar-refractivity contribution < 1.29 is 13.6 Å². The van der Waals surface area contributed by atoms with E-state index in [4.69, 9.17) is 4.55 Å². The minimum atomic E-state index is -1.95. The summed E-state index contributed by atoms with van der Waals surface area (Å²) in [6.45, 7) is 2.26. The van der Waals surface area contributed by atoms with Gasteiger partial charge in [0.05, 0.1) is 4.90 Å². The van der Waals surface area contributed by atoms with E-state index in [1.54, 1.807) is 23.1 Å². The third-order valence-corrected chi connectivity index (χ3v) is 3.41. The van der Waals surface area contributed by atoms with Crippen molar-refractivity contribution in [1.82, 2.24) is 0 Å². The van der Waals surface area contributed by atoms with E-state index in [1.807, 2.05) is 0 Å². The first-order valence-electron chi connectivity index (χ1n) is 5.11. The van der Waals surface area contributed by atoms with Gasteiger partial charge in [0.15, 0.2) is 11.1 Å². The van der Waals surface area contributed by atoms with Crippen LogP contribution in [0.3, 0.4) is 0 Å². The summed E-state index contributed by atoms with van der Waals surface area (Å²) in [5.74, 6) is 0.0128. The van der Waals surface area contributed by atoms with Gasteiger partial charge in [-0.05, 0) is 36.6 Å². The molecular formula is C11H13NO3S. The summed E-state index contributed by atoms with van der Waals surface area (Å²) >= 11 is -1.95. The molecule has 0 saturated heterocycles. The lowest BCUT2D eigenvalue weighted by molar-refractivity contribution is -0.116. The van der Waals surface area contributed by atoms with Crippen molar-refractivity contribution in [3.05, 3.63) is 23.8 Å². The van der Waals surface area contributed by atoms with Crippen LogP contribution in [0.15, 0.2) is 23.1 Å². The van der Waals surface area contributed by atoms with E-state index in [2.05, 4.69) is 0 Å². The second kappa shape index (κ2) is 4.35. The molecule has 1 aromatic carbocycles. The quantitative estimate of drug-likeness (QED) is 0.757. The molecule has 1 heterocycles. The Hall–Kier alpha value is -1.20. The molecule has 0 radical (unpaired) electrons. The van der Waals surface area contributed by atoms with E-state index < -0.39 is 11.1 Å². The fourth-order valence-corrected chi connectivity index (χ4v) is 2.44. The number of fused-ring (bicyclic) bond motifs is 1. The lowest BCUT2D eigenvalue weighted by Crippen LogP contribution is -2.33. The van der Waals surface area contributed by atoms with E-state index in [1.165, 1.54) is 6.92 Å². The smallest absolute Gasteiger partial charge is 0.223 e. The van der Waals surface area contributed by atoms with Gasteiger partial charge >= 0.3 is 0 Å². The van der Waals surface area contributed by atoms with Crippen LogP contribution in [-0.2, 0) is 22.3 Å². The summed E-state index contributed by atoms with van der Waals surface area (Å²) in [6.07, 6.45) is 1.75. The van der Waals surface area contributed by atoms with Crippen molar-refractivity contribution in [2.75, 3.05) is 11.4 Å². The molecule has 86 valence electrons. The van der Waals surface area contributed by atoms with E-state index in [-0.39, 0.29) is 5.91 Å². The molecule has 1 aromatic rings. The van der Waals surface area contributed by atoms with E-state index in [0.29, 0.717) is 4.90 Å². The van der Waals surface area contributed by atoms with Crippen LogP contribution in [0.4, 0.5) is 5.69 Å². The van der Waals surface area contributed by atoms with E-state index >= 15 is 0 Å². The molecule has 0 fully saturated rings. The molecular weight excluding hydrogens is 226 g/mol. The minimum Gasteiger partial charge on any atom is -0.312 e. The van der Waals surface area contributed by atoms with Gasteiger partial charge in [-0.25, -0.2) is 4.21 Å². The molecule has 0 aromatic heterocycles. The van der Waals surface area contributed by atoms with Crippen molar-refractivity contribution >= 4 is 22.7 Å². The molecule has 1 N–H and O–H groups in total. The first kappa shape index (κ1) is 11.3. The van der Waals surface area contributed by atoms with Crippen LogP contribution >= 0.6 is 0 Å². The predicted octanol–water partition coefficient (Wildman–Crippen LogP) is 1.57. The van der Waals surface area contributed by atoms with Crippen molar-refractivity contribution in [1.29, 1.82) is 0 Å². The predicted molar refractivity (Wildman–Crippen MR) is 61.8 cm³/mol. The Labute approximate surface area is 96.5 Å². The molecule has 5 heteroatoms. The van der Waals surface area contributed by atoms with Crippen molar-refractivity contribution in [2.24, 2.45) is 0 Å².